The highest BCUT2D eigenvalue weighted by molar-refractivity contribution is 9.10. The Hall–Kier alpha value is -2.60. The number of hydrogen-bond donors (Lipinski definition) is 0. The predicted octanol–water partition coefficient (Wildman–Crippen LogP) is 5.29. The van der Waals surface area contributed by atoms with Gasteiger partial charge in [-0.05, 0) is 79.9 Å². The van der Waals surface area contributed by atoms with Crippen molar-refractivity contribution in [2.75, 3.05) is 13.1 Å². The molecule has 1 aromatic heterocycles. The number of aromatic nitrogens is 1. The van der Waals surface area contributed by atoms with Crippen LogP contribution < -0.4 is 4.74 Å². The van der Waals surface area contributed by atoms with Gasteiger partial charge in [0.15, 0.2) is 0 Å². The molecule has 3 aromatic rings. The van der Waals surface area contributed by atoms with E-state index in [2.05, 4.69) is 15.9 Å². The Labute approximate surface area is 185 Å². The number of benzene rings is 2. The third-order valence-corrected chi connectivity index (χ3v) is 5.40. The Morgan fingerprint density at radius 2 is 1.90 bits per heavy atom. The van der Waals surface area contributed by atoms with Crippen molar-refractivity contribution in [1.29, 1.82) is 0 Å². The van der Waals surface area contributed by atoms with Gasteiger partial charge in [0.2, 0.25) is 6.41 Å². The molecule has 1 amide bonds. The molecule has 3 rings (SSSR count). The SMILES string of the molecule is CCN(C=O)CCc1cn(C(=O)c2ccccc2)c2c(Br)cc(OC(C)(C)C)cc12. The molecule has 0 atom stereocenters. The largest absolute Gasteiger partial charge is 0.488 e. The van der Waals surface area contributed by atoms with Crippen LogP contribution in [0.4, 0.5) is 0 Å². The summed E-state index contributed by atoms with van der Waals surface area (Å²) in [5.41, 5.74) is 2.07. The highest BCUT2D eigenvalue weighted by atomic mass is 79.9. The van der Waals surface area contributed by atoms with Crippen molar-refractivity contribution in [3.8, 4) is 5.75 Å². The number of hydrogen-bond acceptors (Lipinski definition) is 3. The second kappa shape index (κ2) is 9.04. The molecule has 5 nitrogen and oxygen atoms in total. The second-order valence-corrected chi connectivity index (χ2v) is 9.05. The first-order chi connectivity index (χ1) is 14.2. The Balaban J connectivity index is 2.12. The number of carbonyl (C=O) groups excluding carboxylic acids is 2. The summed E-state index contributed by atoms with van der Waals surface area (Å²) in [6.07, 6.45) is 3.38. The molecule has 0 saturated heterocycles. The van der Waals surface area contributed by atoms with E-state index in [4.69, 9.17) is 4.74 Å². The standard InChI is InChI=1S/C24H27BrN2O3/c1-5-26(16-28)12-11-18-15-27(23(29)17-9-7-6-8-10-17)22-20(18)13-19(14-21(22)25)30-24(2,3)4/h6-10,13-16H,5,11-12H2,1-4H3. The van der Waals surface area contributed by atoms with Crippen LogP contribution in [-0.4, -0.2) is 40.5 Å². The number of fused-ring (bicyclic) bond motifs is 1. The molecule has 0 spiro atoms. The fourth-order valence-electron chi connectivity index (χ4n) is 3.39. The molecule has 0 radical (unpaired) electrons. The van der Waals surface area contributed by atoms with Crippen molar-refractivity contribution in [1.82, 2.24) is 9.47 Å². The maximum Gasteiger partial charge on any atom is 0.262 e. The number of halogens is 1. The average Bonchev–Trinajstić information content (AvgIpc) is 3.06. The Morgan fingerprint density at radius 3 is 2.50 bits per heavy atom. The van der Waals surface area contributed by atoms with Crippen LogP contribution in [0.3, 0.4) is 0 Å². The van der Waals surface area contributed by atoms with Gasteiger partial charge in [-0.1, -0.05) is 18.2 Å². The van der Waals surface area contributed by atoms with E-state index in [1.807, 2.05) is 76.4 Å². The van der Waals surface area contributed by atoms with Crippen LogP contribution in [0.2, 0.25) is 0 Å². The Bertz CT molecular complexity index is 1050. The van der Waals surface area contributed by atoms with Gasteiger partial charge in [0.1, 0.15) is 11.4 Å². The lowest BCUT2D eigenvalue weighted by Crippen LogP contribution is -2.24. The van der Waals surface area contributed by atoms with Gasteiger partial charge in [-0.2, -0.15) is 0 Å². The highest BCUT2D eigenvalue weighted by Crippen LogP contribution is 2.35. The normalized spacial score (nSPS) is 11.5. The first-order valence-corrected chi connectivity index (χ1v) is 10.8. The first-order valence-electron chi connectivity index (χ1n) is 10.0. The van der Waals surface area contributed by atoms with E-state index in [1.165, 1.54) is 0 Å². The molecule has 6 heteroatoms. The van der Waals surface area contributed by atoms with E-state index in [9.17, 15) is 9.59 Å². The molecule has 0 aliphatic carbocycles. The van der Waals surface area contributed by atoms with Crippen molar-refractivity contribution < 1.29 is 14.3 Å². The van der Waals surface area contributed by atoms with Crippen LogP contribution in [0.15, 0.2) is 53.1 Å². The summed E-state index contributed by atoms with van der Waals surface area (Å²) in [6, 6.07) is 13.1. The molecule has 2 aromatic carbocycles. The molecule has 0 N–H and O–H groups in total. The zero-order valence-corrected chi connectivity index (χ0v) is 19.4. The van der Waals surface area contributed by atoms with E-state index < -0.39 is 0 Å². The van der Waals surface area contributed by atoms with Crippen molar-refractivity contribution in [3.05, 3.63) is 64.3 Å². The van der Waals surface area contributed by atoms with Gasteiger partial charge in [-0.15, -0.1) is 0 Å². The quantitative estimate of drug-likeness (QED) is 0.440. The number of rotatable bonds is 7. The number of carbonyl (C=O) groups is 2. The maximum atomic E-state index is 13.2. The zero-order chi connectivity index (χ0) is 21.9. The summed E-state index contributed by atoms with van der Waals surface area (Å²) in [5, 5.41) is 0.940. The minimum Gasteiger partial charge on any atom is -0.488 e. The summed E-state index contributed by atoms with van der Waals surface area (Å²) in [4.78, 5) is 26.2. The van der Waals surface area contributed by atoms with Gasteiger partial charge in [0.05, 0.1) is 5.52 Å². The van der Waals surface area contributed by atoms with Crippen molar-refractivity contribution in [2.45, 2.75) is 39.7 Å². The third kappa shape index (κ3) is 4.93. The lowest BCUT2D eigenvalue weighted by molar-refractivity contribution is -0.117. The van der Waals surface area contributed by atoms with Gasteiger partial charge in [-0.25, -0.2) is 0 Å². The molecule has 1 heterocycles. The Kier molecular flexibility index (Phi) is 6.66. The van der Waals surface area contributed by atoms with E-state index >= 15 is 0 Å². The van der Waals surface area contributed by atoms with Crippen LogP contribution in [-0.2, 0) is 11.2 Å². The average molecular weight is 471 g/mol. The molecule has 0 unspecified atom stereocenters. The van der Waals surface area contributed by atoms with Gasteiger partial charge in [0.25, 0.3) is 5.91 Å². The molecule has 30 heavy (non-hydrogen) atoms. The first kappa shape index (κ1) is 22.1. The summed E-state index contributed by atoms with van der Waals surface area (Å²) < 4.78 is 8.55. The molecular weight excluding hydrogens is 444 g/mol. The molecule has 158 valence electrons. The van der Waals surface area contributed by atoms with E-state index in [0.29, 0.717) is 25.1 Å². The smallest absolute Gasteiger partial charge is 0.262 e. The predicted molar refractivity (Wildman–Crippen MR) is 123 cm³/mol. The fourth-order valence-corrected chi connectivity index (χ4v) is 4.03. The van der Waals surface area contributed by atoms with Crippen LogP contribution in [0.25, 0.3) is 10.9 Å². The number of likely N-dealkylation sites (N-methyl/N-ethyl adjacent to an activating group) is 1. The van der Waals surface area contributed by atoms with Crippen molar-refractivity contribution in [2.24, 2.45) is 0 Å². The lowest BCUT2D eigenvalue weighted by atomic mass is 10.1. The molecule has 0 aliphatic rings. The molecule has 0 fully saturated rings. The topological polar surface area (TPSA) is 51.5 Å². The number of ether oxygens (including phenoxy) is 1. The van der Waals surface area contributed by atoms with E-state index in [0.717, 1.165) is 33.1 Å². The highest BCUT2D eigenvalue weighted by Gasteiger charge is 2.20. The van der Waals surface area contributed by atoms with Gasteiger partial charge in [0, 0.05) is 34.7 Å². The summed E-state index contributed by atoms with van der Waals surface area (Å²) in [7, 11) is 0. The summed E-state index contributed by atoms with van der Waals surface area (Å²) in [6.45, 7) is 9.17. The van der Waals surface area contributed by atoms with Crippen molar-refractivity contribution in [3.63, 3.8) is 0 Å². The third-order valence-electron chi connectivity index (χ3n) is 4.80. The maximum absolute atomic E-state index is 13.2. The minimum atomic E-state index is -0.341. The zero-order valence-electron chi connectivity index (χ0n) is 17.8. The lowest BCUT2D eigenvalue weighted by Gasteiger charge is -2.22. The summed E-state index contributed by atoms with van der Waals surface area (Å²) >= 11 is 3.65. The van der Waals surface area contributed by atoms with E-state index in [-0.39, 0.29) is 11.5 Å². The number of nitrogens with zero attached hydrogens (tertiary/aromatic N) is 2. The monoisotopic (exact) mass is 470 g/mol. The van der Waals surface area contributed by atoms with Gasteiger partial charge >= 0.3 is 0 Å². The molecule has 0 bridgehead atoms. The summed E-state index contributed by atoms with van der Waals surface area (Å²) in [5.74, 6) is 0.635. The Morgan fingerprint density at radius 1 is 1.20 bits per heavy atom. The molecule has 0 saturated carbocycles. The van der Waals surface area contributed by atoms with Gasteiger partial charge in [-0.3, -0.25) is 14.2 Å². The minimum absolute atomic E-state index is 0.0974. The fraction of sp³-hybridized carbons (Fsp3) is 0.333. The van der Waals surface area contributed by atoms with Crippen LogP contribution >= 0.6 is 15.9 Å². The number of amides is 1. The van der Waals surface area contributed by atoms with Crippen LogP contribution in [0.5, 0.6) is 5.75 Å². The molecule has 0 aliphatic heterocycles. The molecular formula is C24H27BrN2O3. The van der Waals surface area contributed by atoms with Crippen LogP contribution in [0, 0.1) is 0 Å². The second-order valence-electron chi connectivity index (χ2n) is 8.20. The van der Waals surface area contributed by atoms with Gasteiger partial charge < -0.3 is 9.64 Å². The van der Waals surface area contributed by atoms with E-state index in [1.54, 1.807) is 9.47 Å². The van der Waals surface area contributed by atoms with Crippen molar-refractivity contribution >= 4 is 39.2 Å². The van der Waals surface area contributed by atoms with Crippen LogP contribution in [0.1, 0.15) is 43.6 Å².